The fourth-order valence-corrected chi connectivity index (χ4v) is 3.65. The van der Waals surface area contributed by atoms with Crippen LogP contribution in [-0.4, -0.2) is 51.9 Å². The maximum absolute atomic E-state index is 13.0. The molecule has 0 spiro atoms. The van der Waals surface area contributed by atoms with Gasteiger partial charge in [0.15, 0.2) is 0 Å². The highest BCUT2D eigenvalue weighted by Gasteiger charge is 2.28. The third-order valence-corrected chi connectivity index (χ3v) is 5.03. The molecule has 3 aromatic rings. The van der Waals surface area contributed by atoms with E-state index in [2.05, 4.69) is 46.1 Å². The molecule has 2 aromatic heterocycles. The van der Waals surface area contributed by atoms with E-state index < -0.39 is 0 Å². The third-order valence-electron chi connectivity index (χ3n) is 5.03. The number of carbonyl (C=O) groups is 1. The summed E-state index contributed by atoms with van der Waals surface area (Å²) < 4.78 is 5.51. The molecule has 0 atom stereocenters. The number of aryl methyl sites for hydroxylation is 2. The van der Waals surface area contributed by atoms with Crippen LogP contribution in [0, 0.1) is 13.8 Å². The normalized spacial score (nSPS) is 15.4. The van der Waals surface area contributed by atoms with Crippen molar-refractivity contribution < 1.29 is 9.21 Å². The molecule has 4 rings (SSSR count). The van der Waals surface area contributed by atoms with Crippen LogP contribution >= 0.6 is 0 Å². The molecular weight excluding hydrogens is 344 g/mol. The molecule has 0 bridgehead atoms. The summed E-state index contributed by atoms with van der Waals surface area (Å²) in [6, 6.07) is 8.49. The van der Waals surface area contributed by atoms with Crippen LogP contribution in [0.15, 0.2) is 39.8 Å². The first kappa shape index (κ1) is 17.5. The van der Waals surface area contributed by atoms with Crippen molar-refractivity contribution in [3.8, 4) is 0 Å². The molecule has 0 saturated carbocycles. The Kier molecular flexibility index (Phi) is 4.53. The van der Waals surface area contributed by atoms with Gasteiger partial charge in [-0.2, -0.15) is 0 Å². The van der Waals surface area contributed by atoms with Gasteiger partial charge in [0.05, 0.1) is 11.9 Å². The van der Waals surface area contributed by atoms with Gasteiger partial charge in [0.25, 0.3) is 11.5 Å². The zero-order chi connectivity index (χ0) is 19.0. The van der Waals surface area contributed by atoms with E-state index in [1.807, 2.05) is 0 Å². The van der Waals surface area contributed by atoms with Crippen LogP contribution in [0.2, 0.25) is 0 Å². The molecule has 0 unspecified atom stereocenters. The smallest absolute Gasteiger partial charge is 0.262 e. The van der Waals surface area contributed by atoms with E-state index in [1.165, 1.54) is 17.5 Å². The van der Waals surface area contributed by atoms with Crippen molar-refractivity contribution >= 4 is 17.0 Å². The van der Waals surface area contributed by atoms with Crippen molar-refractivity contribution in [3.63, 3.8) is 0 Å². The lowest BCUT2D eigenvalue weighted by molar-refractivity contribution is 0.0628. The summed E-state index contributed by atoms with van der Waals surface area (Å²) >= 11 is 0. The fourth-order valence-electron chi connectivity index (χ4n) is 3.65. The lowest BCUT2D eigenvalue weighted by Gasteiger charge is -2.34. The number of aromatic amines is 1. The Labute approximate surface area is 156 Å². The van der Waals surface area contributed by atoms with E-state index in [0.29, 0.717) is 24.4 Å². The summed E-state index contributed by atoms with van der Waals surface area (Å²) in [6.45, 7) is 7.49. The van der Waals surface area contributed by atoms with Crippen molar-refractivity contribution in [2.24, 2.45) is 0 Å². The van der Waals surface area contributed by atoms with Gasteiger partial charge in [0.2, 0.25) is 5.71 Å². The van der Waals surface area contributed by atoms with Crippen LogP contribution in [-0.2, 0) is 6.54 Å². The molecule has 1 fully saturated rings. The maximum Gasteiger partial charge on any atom is 0.262 e. The van der Waals surface area contributed by atoms with E-state index in [1.54, 1.807) is 11.8 Å². The number of hydrogen-bond donors (Lipinski definition) is 1. The lowest BCUT2D eigenvalue weighted by Crippen LogP contribution is -2.48. The monoisotopic (exact) mass is 366 g/mol. The third kappa shape index (κ3) is 3.38. The molecule has 140 valence electrons. The summed E-state index contributed by atoms with van der Waals surface area (Å²) in [4.78, 5) is 35.8. The number of rotatable bonds is 3. The Bertz CT molecular complexity index is 1040. The van der Waals surface area contributed by atoms with E-state index in [9.17, 15) is 9.59 Å². The molecule has 1 N–H and O–H groups in total. The second kappa shape index (κ2) is 7.00. The Balaban J connectivity index is 1.48. The number of piperazine rings is 1. The number of nitrogens with one attached hydrogen (secondary N) is 1. The zero-order valence-corrected chi connectivity index (χ0v) is 15.5. The van der Waals surface area contributed by atoms with Gasteiger partial charge in [-0.15, -0.1) is 0 Å². The molecule has 1 amide bonds. The lowest BCUT2D eigenvalue weighted by atomic mass is 10.1. The minimum atomic E-state index is -0.349. The summed E-state index contributed by atoms with van der Waals surface area (Å²) in [5.41, 5.74) is 2.72. The zero-order valence-electron chi connectivity index (χ0n) is 15.5. The van der Waals surface area contributed by atoms with Crippen molar-refractivity contribution in [1.29, 1.82) is 0 Å². The molecule has 3 heterocycles. The Morgan fingerprint density at radius 3 is 2.74 bits per heavy atom. The number of aromatic nitrogens is 2. The average molecular weight is 366 g/mol. The van der Waals surface area contributed by atoms with E-state index in [0.717, 1.165) is 19.6 Å². The van der Waals surface area contributed by atoms with Crippen LogP contribution in [0.5, 0.6) is 0 Å². The number of furan rings is 1. The van der Waals surface area contributed by atoms with Gasteiger partial charge >= 0.3 is 0 Å². The first-order valence-electron chi connectivity index (χ1n) is 9.07. The van der Waals surface area contributed by atoms with Gasteiger partial charge in [0, 0.05) is 32.7 Å². The van der Waals surface area contributed by atoms with E-state index >= 15 is 0 Å². The topological polar surface area (TPSA) is 82.4 Å². The Hall–Kier alpha value is -2.93. The number of nitrogens with zero attached hydrogens (tertiary/aromatic N) is 3. The van der Waals surface area contributed by atoms with Crippen LogP contribution in [0.4, 0.5) is 0 Å². The van der Waals surface area contributed by atoms with Gasteiger partial charge in [-0.05, 0) is 19.4 Å². The first-order valence-corrected chi connectivity index (χ1v) is 9.07. The molecule has 1 aliphatic rings. The van der Waals surface area contributed by atoms with Gasteiger partial charge in [-0.25, -0.2) is 4.98 Å². The number of amides is 1. The second-order valence-corrected chi connectivity index (χ2v) is 7.00. The Morgan fingerprint density at radius 2 is 2.00 bits per heavy atom. The number of carbonyl (C=O) groups excluding carboxylic acids is 1. The minimum Gasteiger partial charge on any atom is -0.442 e. The number of hydrogen-bond acceptors (Lipinski definition) is 5. The molecular formula is C20H22N4O3. The maximum atomic E-state index is 13.0. The van der Waals surface area contributed by atoms with Gasteiger partial charge < -0.3 is 14.3 Å². The first-order chi connectivity index (χ1) is 13.0. The average Bonchev–Trinajstić information content (AvgIpc) is 2.99. The summed E-state index contributed by atoms with van der Waals surface area (Å²) in [5, 5.41) is 0.238. The van der Waals surface area contributed by atoms with Crippen LogP contribution < -0.4 is 5.56 Å². The summed E-state index contributed by atoms with van der Waals surface area (Å²) in [7, 11) is 0. The number of H-pyrrole nitrogens is 1. The molecule has 0 aliphatic carbocycles. The van der Waals surface area contributed by atoms with Crippen molar-refractivity contribution in [3.05, 3.63) is 63.4 Å². The predicted octanol–water partition coefficient (Wildman–Crippen LogP) is 2.09. The van der Waals surface area contributed by atoms with E-state index in [-0.39, 0.29) is 22.6 Å². The second-order valence-electron chi connectivity index (χ2n) is 7.00. The van der Waals surface area contributed by atoms with Crippen molar-refractivity contribution in [2.45, 2.75) is 20.4 Å². The van der Waals surface area contributed by atoms with Gasteiger partial charge in [-0.1, -0.05) is 29.8 Å². The van der Waals surface area contributed by atoms with Crippen LogP contribution in [0.25, 0.3) is 11.1 Å². The highest BCUT2D eigenvalue weighted by molar-refractivity contribution is 6.06. The minimum absolute atomic E-state index is 0.167. The van der Waals surface area contributed by atoms with Crippen LogP contribution in [0.1, 0.15) is 27.2 Å². The van der Waals surface area contributed by atoms with E-state index in [4.69, 9.17) is 4.42 Å². The van der Waals surface area contributed by atoms with Crippen molar-refractivity contribution in [2.75, 3.05) is 26.2 Å². The highest BCUT2D eigenvalue weighted by Crippen LogP contribution is 2.23. The standard InChI is InChI=1S/C20H22N4O3/c1-13-4-3-5-15(10-13)11-23-6-8-24(9-7-23)20(26)16-14(2)27-19-17(16)18(25)21-12-22-19/h3-5,10,12H,6-9,11H2,1-2H3,(H,21,22,25). The van der Waals surface area contributed by atoms with Gasteiger partial charge in [-0.3, -0.25) is 14.5 Å². The fraction of sp³-hybridized carbons (Fsp3) is 0.350. The van der Waals surface area contributed by atoms with Crippen LogP contribution in [0.3, 0.4) is 0 Å². The summed E-state index contributed by atoms with van der Waals surface area (Å²) in [6.07, 6.45) is 1.28. The predicted molar refractivity (Wildman–Crippen MR) is 102 cm³/mol. The molecule has 7 heteroatoms. The van der Waals surface area contributed by atoms with Gasteiger partial charge in [0.1, 0.15) is 11.1 Å². The highest BCUT2D eigenvalue weighted by atomic mass is 16.3. The van der Waals surface area contributed by atoms with Crippen molar-refractivity contribution in [1.82, 2.24) is 19.8 Å². The molecule has 1 saturated heterocycles. The Morgan fingerprint density at radius 1 is 1.22 bits per heavy atom. The largest absolute Gasteiger partial charge is 0.442 e. The summed E-state index contributed by atoms with van der Waals surface area (Å²) in [5.74, 6) is 0.265. The molecule has 7 nitrogen and oxygen atoms in total. The molecule has 1 aliphatic heterocycles. The SMILES string of the molecule is Cc1cccc(CN2CCN(C(=O)c3c(C)oc4nc[nH]c(=O)c34)CC2)c1. The number of benzene rings is 1. The molecule has 0 radical (unpaired) electrons. The molecule has 1 aromatic carbocycles. The molecule has 27 heavy (non-hydrogen) atoms. The quantitative estimate of drug-likeness (QED) is 0.767. The number of fused-ring (bicyclic) bond motifs is 1.